The Balaban J connectivity index is 2.62. The van der Waals surface area contributed by atoms with Crippen molar-refractivity contribution < 1.29 is 10.2 Å². The topological polar surface area (TPSA) is 74.5 Å². The molecule has 0 saturated heterocycles. The molecule has 0 amide bonds. The van der Waals surface area contributed by atoms with Crippen LogP contribution in [0.2, 0.25) is 0 Å². The van der Waals surface area contributed by atoms with Crippen molar-refractivity contribution in [2.75, 3.05) is 19.7 Å². The van der Waals surface area contributed by atoms with Crippen LogP contribution in [0.5, 0.6) is 5.75 Å². The third-order valence-electron chi connectivity index (χ3n) is 2.23. The van der Waals surface area contributed by atoms with E-state index in [1.54, 1.807) is 17.7 Å². The number of hydrogen-bond donors (Lipinski definition) is 3. The summed E-state index contributed by atoms with van der Waals surface area (Å²) in [4.78, 5) is 11.1. The van der Waals surface area contributed by atoms with Gasteiger partial charge < -0.3 is 20.1 Å². The second-order valence-electron chi connectivity index (χ2n) is 3.28. The SMILES string of the molecule is Cc1c(O)c(=O)ccn1CCNCCO. The predicted octanol–water partition coefficient (Wildman–Crippen LogP) is -0.556. The molecule has 0 spiro atoms. The zero-order valence-electron chi connectivity index (χ0n) is 8.73. The average Bonchev–Trinajstić information content (AvgIpc) is 2.24. The summed E-state index contributed by atoms with van der Waals surface area (Å²) in [6.07, 6.45) is 1.65. The number of aliphatic hydroxyl groups excluding tert-OH is 1. The Morgan fingerprint density at radius 3 is 2.87 bits per heavy atom. The van der Waals surface area contributed by atoms with Crippen LogP contribution < -0.4 is 10.7 Å². The molecule has 0 aliphatic heterocycles. The molecule has 3 N–H and O–H groups in total. The molecule has 0 unspecified atom stereocenters. The number of nitrogens with one attached hydrogen (secondary N) is 1. The van der Waals surface area contributed by atoms with E-state index in [0.29, 0.717) is 25.3 Å². The van der Waals surface area contributed by atoms with Crippen molar-refractivity contribution in [3.05, 3.63) is 28.2 Å². The van der Waals surface area contributed by atoms with Crippen LogP contribution in [0.3, 0.4) is 0 Å². The molecule has 0 bridgehead atoms. The second-order valence-corrected chi connectivity index (χ2v) is 3.28. The summed E-state index contributed by atoms with van der Waals surface area (Å²) in [5.74, 6) is -0.195. The average molecular weight is 212 g/mol. The van der Waals surface area contributed by atoms with Crippen molar-refractivity contribution in [3.63, 3.8) is 0 Å². The summed E-state index contributed by atoms with van der Waals surface area (Å²) in [5, 5.41) is 21.0. The molecule has 0 aliphatic rings. The summed E-state index contributed by atoms with van der Waals surface area (Å²) in [6.45, 7) is 3.69. The van der Waals surface area contributed by atoms with Crippen molar-refractivity contribution in [3.8, 4) is 5.75 Å². The predicted molar refractivity (Wildman–Crippen MR) is 57.1 cm³/mol. The molecule has 1 heterocycles. The molecule has 0 radical (unpaired) electrons. The fourth-order valence-corrected chi connectivity index (χ4v) is 1.31. The van der Waals surface area contributed by atoms with E-state index in [0.717, 1.165) is 0 Å². The molecule has 0 fully saturated rings. The van der Waals surface area contributed by atoms with Crippen LogP contribution in [-0.4, -0.2) is 34.5 Å². The molecule has 84 valence electrons. The number of aliphatic hydroxyl groups is 1. The minimum absolute atomic E-state index is 0.106. The number of hydrogen-bond acceptors (Lipinski definition) is 4. The minimum atomic E-state index is -0.355. The van der Waals surface area contributed by atoms with E-state index < -0.39 is 0 Å². The van der Waals surface area contributed by atoms with Crippen LogP contribution in [0.1, 0.15) is 5.69 Å². The van der Waals surface area contributed by atoms with Gasteiger partial charge in [-0.1, -0.05) is 0 Å². The van der Waals surface area contributed by atoms with Gasteiger partial charge in [0, 0.05) is 31.9 Å². The number of rotatable bonds is 5. The van der Waals surface area contributed by atoms with Crippen molar-refractivity contribution in [1.82, 2.24) is 9.88 Å². The highest BCUT2D eigenvalue weighted by Crippen LogP contribution is 2.08. The summed E-state index contributed by atoms with van der Waals surface area (Å²) >= 11 is 0. The standard InChI is InChI=1S/C10H16N2O3/c1-8-10(15)9(14)2-5-12(8)6-3-11-4-7-13/h2,5,11,13,15H,3-4,6-7H2,1H3. The lowest BCUT2D eigenvalue weighted by Gasteiger charge is -2.11. The third kappa shape index (κ3) is 3.07. The van der Waals surface area contributed by atoms with Crippen LogP contribution >= 0.6 is 0 Å². The van der Waals surface area contributed by atoms with E-state index in [2.05, 4.69) is 5.32 Å². The zero-order valence-corrected chi connectivity index (χ0v) is 8.73. The Hall–Kier alpha value is -1.33. The summed E-state index contributed by atoms with van der Waals surface area (Å²) in [6, 6.07) is 1.34. The molecule has 5 nitrogen and oxygen atoms in total. The van der Waals surface area contributed by atoms with Gasteiger partial charge in [0.25, 0.3) is 0 Å². The lowest BCUT2D eigenvalue weighted by Crippen LogP contribution is -2.24. The first-order valence-corrected chi connectivity index (χ1v) is 4.87. The van der Waals surface area contributed by atoms with Gasteiger partial charge in [0.2, 0.25) is 5.43 Å². The Kier molecular flexibility index (Phi) is 4.33. The smallest absolute Gasteiger partial charge is 0.223 e. The highest BCUT2D eigenvalue weighted by atomic mass is 16.3. The molecule has 1 aromatic heterocycles. The van der Waals surface area contributed by atoms with Crippen LogP contribution in [-0.2, 0) is 6.54 Å². The summed E-state index contributed by atoms with van der Waals surface area (Å²) in [7, 11) is 0. The fourth-order valence-electron chi connectivity index (χ4n) is 1.31. The van der Waals surface area contributed by atoms with E-state index >= 15 is 0 Å². The lowest BCUT2D eigenvalue weighted by molar-refractivity contribution is 0.291. The van der Waals surface area contributed by atoms with Gasteiger partial charge in [0.1, 0.15) is 0 Å². The molecule has 1 rings (SSSR count). The molecular formula is C10H16N2O3. The van der Waals surface area contributed by atoms with Gasteiger partial charge in [-0.25, -0.2) is 0 Å². The maximum absolute atomic E-state index is 11.1. The van der Waals surface area contributed by atoms with Gasteiger partial charge in [-0.15, -0.1) is 0 Å². The Morgan fingerprint density at radius 1 is 1.47 bits per heavy atom. The van der Waals surface area contributed by atoms with E-state index in [1.165, 1.54) is 6.07 Å². The molecule has 5 heteroatoms. The van der Waals surface area contributed by atoms with Crippen molar-refractivity contribution in [1.29, 1.82) is 0 Å². The summed E-state index contributed by atoms with van der Waals surface area (Å²) < 4.78 is 1.79. The van der Waals surface area contributed by atoms with E-state index in [4.69, 9.17) is 5.11 Å². The largest absolute Gasteiger partial charge is 0.503 e. The molecule has 0 saturated carbocycles. The maximum atomic E-state index is 11.1. The molecule has 1 aromatic rings. The number of aromatic nitrogens is 1. The van der Waals surface area contributed by atoms with Gasteiger partial charge in [-0.05, 0) is 6.92 Å². The molecule has 15 heavy (non-hydrogen) atoms. The van der Waals surface area contributed by atoms with Gasteiger partial charge in [-0.3, -0.25) is 4.79 Å². The summed E-state index contributed by atoms with van der Waals surface area (Å²) in [5.41, 5.74) is 0.209. The fraction of sp³-hybridized carbons (Fsp3) is 0.500. The Bertz CT molecular complexity index is 373. The lowest BCUT2D eigenvalue weighted by atomic mass is 10.3. The van der Waals surface area contributed by atoms with Gasteiger partial charge in [-0.2, -0.15) is 0 Å². The molecular weight excluding hydrogens is 196 g/mol. The minimum Gasteiger partial charge on any atom is -0.503 e. The molecule has 0 atom stereocenters. The monoisotopic (exact) mass is 212 g/mol. The zero-order chi connectivity index (χ0) is 11.3. The number of nitrogens with zero attached hydrogens (tertiary/aromatic N) is 1. The van der Waals surface area contributed by atoms with Crippen LogP contribution in [0, 0.1) is 6.92 Å². The van der Waals surface area contributed by atoms with Crippen LogP contribution in [0.15, 0.2) is 17.1 Å². The van der Waals surface area contributed by atoms with E-state index in [1.807, 2.05) is 0 Å². The highest BCUT2D eigenvalue weighted by molar-refractivity contribution is 5.25. The van der Waals surface area contributed by atoms with Crippen LogP contribution in [0.25, 0.3) is 0 Å². The second kappa shape index (κ2) is 5.53. The number of pyridine rings is 1. The van der Waals surface area contributed by atoms with Gasteiger partial charge in [0.05, 0.1) is 12.3 Å². The van der Waals surface area contributed by atoms with E-state index in [9.17, 15) is 9.90 Å². The van der Waals surface area contributed by atoms with Gasteiger partial charge in [0.15, 0.2) is 5.75 Å². The molecule has 0 aliphatic carbocycles. The van der Waals surface area contributed by atoms with Crippen LogP contribution in [0.4, 0.5) is 0 Å². The van der Waals surface area contributed by atoms with Crippen molar-refractivity contribution >= 4 is 0 Å². The van der Waals surface area contributed by atoms with Gasteiger partial charge >= 0.3 is 0 Å². The maximum Gasteiger partial charge on any atom is 0.223 e. The van der Waals surface area contributed by atoms with Crippen molar-refractivity contribution in [2.45, 2.75) is 13.5 Å². The molecule has 0 aromatic carbocycles. The quantitative estimate of drug-likeness (QED) is 0.572. The first kappa shape index (κ1) is 11.7. The first-order valence-electron chi connectivity index (χ1n) is 4.87. The Morgan fingerprint density at radius 2 is 2.20 bits per heavy atom. The van der Waals surface area contributed by atoms with E-state index in [-0.39, 0.29) is 17.8 Å². The highest BCUT2D eigenvalue weighted by Gasteiger charge is 2.03. The number of aromatic hydroxyl groups is 1. The normalized spacial score (nSPS) is 10.5. The third-order valence-corrected chi connectivity index (χ3v) is 2.23. The van der Waals surface area contributed by atoms with Crippen molar-refractivity contribution in [2.24, 2.45) is 0 Å². The Labute approximate surface area is 88.0 Å². The first-order chi connectivity index (χ1) is 7.16.